The van der Waals surface area contributed by atoms with Gasteiger partial charge in [0.1, 0.15) is 11.5 Å². The van der Waals surface area contributed by atoms with E-state index in [1.54, 1.807) is 7.11 Å². The molecule has 2 atom stereocenters. The van der Waals surface area contributed by atoms with E-state index in [0.29, 0.717) is 18.9 Å². The van der Waals surface area contributed by atoms with Gasteiger partial charge in [-0.25, -0.2) is 0 Å². The second-order valence-corrected chi connectivity index (χ2v) is 5.88. The predicted octanol–water partition coefficient (Wildman–Crippen LogP) is 3.75. The maximum atomic E-state index is 11.6. The lowest BCUT2D eigenvalue weighted by molar-refractivity contribution is -0.149. The van der Waals surface area contributed by atoms with Gasteiger partial charge in [-0.2, -0.15) is 0 Å². The van der Waals surface area contributed by atoms with Gasteiger partial charge in [-0.3, -0.25) is 4.79 Å². The maximum absolute atomic E-state index is 11.6. The third-order valence-electron chi connectivity index (χ3n) is 4.65. The fourth-order valence-electron chi connectivity index (χ4n) is 3.15. The summed E-state index contributed by atoms with van der Waals surface area (Å²) in [5.74, 6) is 1.41. The molecule has 1 fully saturated rings. The Bertz CT molecular complexity index is 468. The molecule has 4 heteroatoms. The Morgan fingerprint density at radius 1 is 1.33 bits per heavy atom. The number of hydrogen-bond acceptors (Lipinski definition) is 3. The van der Waals surface area contributed by atoms with Crippen molar-refractivity contribution in [1.29, 1.82) is 0 Å². The fourth-order valence-corrected chi connectivity index (χ4v) is 3.15. The number of rotatable bonds is 7. The molecular weight excluding hydrogens is 268 g/mol. The molecule has 0 saturated heterocycles. The highest BCUT2D eigenvalue weighted by atomic mass is 16.5. The summed E-state index contributed by atoms with van der Waals surface area (Å²) in [5.41, 5.74) is -0.590. The molecule has 1 aliphatic rings. The number of aliphatic carboxylic acids is 1. The van der Waals surface area contributed by atoms with Crippen LogP contribution in [0.15, 0.2) is 24.3 Å². The van der Waals surface area contributed by atoms with E-state index >= 15 is 0 Å². The number of methoxy groups -OCH3 is 1. The van der Waals surface area contributed by atoms with E-state index in [0.717, 1.165) is 37.2 Å². The van der Waals surface area contributed by atoms with Crippen LogP contribution in [-0.4, -0.2) is 24.8 Å². The second kappa shape index (κ2) is 6.83. The summed E-state index contributed by atoms with van der Waals surface area (Å²) in [5, 5.41) is 9.57. The molecule has 21 heavy (non-hydrogen) atoms. The minimum Gasteiger partial charge on any atom is -0.497 e. The first-order valence-corrected chi connectivity index (χ1v) is 7.60. The molecule has 0 bridgehead atoms. The Morgan fingerprint density at radius 2 is 2.00 bits per heavy atom. The minimum absolute atomic E-state index is 0.440. The summed E-state index contributed by atoms with van der Waals surface area (Å²) in [6.45, 7) is 2.57. The van der Waals surface area contributed by atoms with E-state index in [1.807, 2.05) is 24.3 Å². The zero-order valence-corrected chi connectivity index (χ0v) is 12.8. The monoisotopic (exact) mass is 292 g/mol. The quantitative estimate of drug-likeness (QED) is 0.831. The van der Waals surface area contributed by atoms with Crippen molar-refractivity contribution in [2.75, 3.05) is 13.7 Å². The van der Waals surface area contributed by atoms with E-state index in [1.165, 1.54) is 0 Å². The smallest absolute Gasteiger partial charge is 0.309 e. The van der Waals surface area contributed by atoms with Crippen molar-refractivity contribution in [1.82, 2.24) is 0 Å². The highest BCUT2D eigenvalue weighted by Crippen LogP contribution is 2.45. The zero-order valence-electron chi connectivity index (χ0n) is 12.8. The lowest BCUT2D eigenvalue weighted by Crippen LogP contribution is -2.30. The molecular formula is C17H24O4. The molecule has 2 rings (SSSR count). The Balaban J connectivity index is 1.89. The van der Waals surface area contributed by atoms with E-state index in [4.69, 9.17) is 9.47 Å². The van der Waals surface area contributed by atoms with Crippen LogP contribution in [0.25, 0.3) is 0 Å². The third-order valence-corrected chi connectivity index (χ3v) is 4.65. The molecule has 1 aromatic carbocycles. The first-order valence-electron chi connectivity index (χ1n) is 7.60. The van der Waals surface area contributed by atoms with Crippen LogP contribution in [0.5, 0.6) is 11.5 Å². The molecule has 1 saturated carbocycles. The van der Waals surface area contributed by atoms with Gasteiger partial charge in [0.05, 0.1) is 19.1 Å². The lowest BCUT2D eigenvalue weighted by atomic mass is 9.82. The van der Waals surface area contributed by atoms with E-state index in [2.05, 4.69) is 6.92 Å². The Kier molecular flexibility index (Phi) is 5.10. The van der Waals surface area contributed by atoms with Crippen LogP contribution in [0.3, 0.4) is 0 Å². The van der Waals surface area contributed by atoms with Crippen molar-refractivity contribution < 1.29 is 19.4 Å². The molecule has 2 unspecified atom stereocenters. The van der Waals surface area contributed by atoms with E-state index < -0.39 is 11.4 Å². The molecule has 0 spiro atoms. The number of carboxylic acid groups (broad SMARTS) is 1. The average molecular weight is 292 g/mol. The summed E-state index contributed by atoms with van der Waals surface area (Å²) >= 11 is 0. The van der Waals surface area contributed by atoms with Crippen molar-refractivity contribution in [2.45, 2.75) is 39.0 Å². The van der Waals surface area contributed by atoms with Crippen LogP contribution < -0.4 is 9.47 Å². The summed E-state index contributed by atoms with van der Waals surface area (Å²) in [6.07, 6.45) is 4.21. The van der Waals surface area contributed by atoms with Crippen molar-refractivity contribution >= 4 is 5.97 Å². The summed E-state index contributed by atoms with van der Waals surface area (Å²) < 4.78 is 10.8. The SMILES string of the molecule is CCC1CCC(CCOc2ccc(OC)cc2)(C(=O)O)C1. The number of carboxylic acids is 1. The maximum Gasteiger partial charge on any atom is 0.309 e. The van der Waals surface area contributed by atoms with Gasteiger partial charge in [-0.15, -0.1) is 0 Å². The van der Waals surface area contributed by atoms with Crippen molar-refractivity contribution in [3.63, 3.8) is 0 Å². The van der Waals surface area contributed by atoms with Crippen LogP contribution in [0.2, 0.25) is 0 Å². The predicted molar refractivity (Wildman–Crippen MR) is 80.8 cm³/mol. The van der Waals surface area contributed by atoms with Crippen molar-refractivity contribution in [3.8, 4) is 11.5 Å². The molecule has 0 heterocycles. The first-order chi connectivity index (χ1) is 10.1. The third kappa shape index (κ3) is 3.69. The Morgan fingerprint density at radius 3 is 2.52 bits per heavy atom. The van der Waals surface area contributed by atoms with Crippen LogP contribution in [0.1, 0.15) is 39.0 Å². The molecule has 0 amide bonds. The Hall–Kier alpha value is -1.71. The molecule has 1 N–H and O–H groups in total. The highest BCUT2D eigenvalue weighted by Gasteiger charge is 2.44. The number of ether oxygens (including phenoxy) is 2. The number of benzene rings is 1. The van der Waals surface area contributed by atoms with Crippen molar-refractivity contribution in [2.24, 2.45) is 11.3 Å². The fraction of sp³-hybridized carbons (Fsp3) is 0.588. The highest BCUT2D eigenvalue weighted by molar-refractivity contribution is 5.75. The minimum atomic E-state index is -0.670. The lowest BCUT2D eigenvalue weighted by Gasteiger charge is -2.24. The summed E-state index contributed by atoms with van der Waals surface area (Å²) in [7, 11) is 1.62. The topological polar surface area (TPSA) is 55.8 Å². The molecule has 1 aliphatic carbocycles. The average Bonchev–Trinajstić information content (AvgIpc) is 2.93. The normalized spacial score (nSPS) is 24.8. The van der Waals surface area contributed by atoms with Crippen LogP contribution in [-0.2, 0) is 4.79 Å². The zero-order chi connectivity index (χ0) is 15.3. The van der Waals surface area contributed by atoms with E-state index in [-0.39, 0.29) is 0 Å². The molecule has 116 valence electrons. The molecule has 4 nitrogen and oxygen atoms in total. The summed E-state index contributed by atoms with van der Waals surface area (Å²) in [4.78, 5) is 11.6. The molecule has 0 aliphatic heterocycles. The van der Waals surface area contributed by atoms with Gasteiger partial charge in [0.2, 0.25) is 0 Å². The summed E-state index contributed by atoms with van der Waals surface area (Å²) in [6, 6.07) is 7.36. The number of hydrogen-bond donors (Lipinski definition) is 1. The number of carbonyl (C=O) groups is 1. The van der Waals surface area contributed by atoms with Crippen LogP contribution >= 0.6 is 0 Å². The van der Waals surface area contributed by atoms with E-state index in [9.17, 15) is 9.90 Å². The molecule has 0 aromatic heterocycles. The van der Waals surface area contributed by atoms with Gasteiger partial charge < -0.3 is 14.6 Å². The second-order valence-electron chi connectivity index (χ2n) is 5.88. The molecule has 1 aromatic rings. The van der Waals surface area contributed by atoms with Gasteiger partial charge in [-0.05, 0) is 55.9 Å². The first kappa shape index (κ1) is 15.7. The van der Waals surface area contributed by atoms with Gasteiger partial charge in [0, 0.05) is 0 Å². The van der Waals surface area contributed by atoms with Crippen molar-refractivity contribution in [3.05, 3.63) is 24.3 Å². The van der Waals surface area contributed by atoms with Gasteiger partial charge in [-0.1, -0.05) is 13.3 Å². The van der Waals surface area contributed by atoms with Gasteiger partial charge >= 0.3 is 5.97 Å². The molecule has 0 radical (unpaired) electrons. The van der Waals surface area contributed by atoms with Gasteiger partial charge in [0.25, 0.3) is 0 Å². The van der Waals surface area contributed by atoms with Gasteiger partial charge in [0.15, 0.2) is 0 Å². The largest absolute Gasteiger partial charge is 0.497 e. The van der Waals surface area contributed by atoms with Crippen LogP contribution in [0, 0.1) is 11.3 Å². The standard InChI is InChI=1S/C17H24O4/c1-3-13-8-9-17(12-13,16(18)19)10-11-21-15-6-4-14(20-2)5-7-15/h4-7,13H,3,8-12H2,1-2H3,(H,18,19). The van der Waals surface area contributed by atoms with Crippen LogP contribution in [0.4, 0.5) is 0 Å². The Labute approximate surface area is 126 Å².